The largest absolute Gasteiger partial charge is 0.405 e. The van der Waals surface area contributed by atoms with Gasteiger partial charge in [-0.25, -0.2) is 12.9 Å². The Labute approximate surface area is 386 Å². The average molecular weight is 967 g/mol. The molecule has 346 valence electrons. The van der Waals surface area contributed by atoms with Crippen molar-refractivity contribution in [1.29, 1.82) is 0 Å². The van der Waals surface area contributed by atoms with Crippen LogP contribution in [0.3, 0.4) is 0 Å². The number of hydrogen-bond acceptors (Lipinski definition) is 11. The van der Waals surface area contributed by atoms with E-state index < -0.39 is 42.4 Å². The summed E-state index contributed by atoms with van der Waals surface area (Å²) in [5, 5.41) is 4.47. The molecule has 4 heterocycles. The second kappa shape index (κ2) is 21.6. The molecule has 4 fully saturated rings. The molecule has 0 N–H and O–H groups in total. The summed E-state index contributed by atoms with van der Waals surface area (Å²) < 4.78 is 72.8. The first-order valence-corrected chi connectivity index (χ1v) is 29.8. The van der Waals surface area contributed by atoms with E-state index in [1.54, 1.807) is 0 Å². The van der Waals surface area contributed by atoms with Crippen LogP contribution in [0.4, 0.5) is 0 Å². The molecule has 0 saturated carbocycles. The Balaban J connectivity index is 0.992. The molecule has 0 aromatic heterocycles. The lowest BCUT2D eigenvalue weighted by molar-refractivity contribution is 0.00432. The van der Waals surface area contributed by atoms with Crippen molar-refractivity contribution in [2.75, 3.05) is 33.0 Å². The molecule has 4 aromatic rings. The minimum atomic E-state index is -2.83. The zero-order valence-corrected chi connectivity index (χ0v) is 42.9. The van der Waals surface area contributed by atoms with Crippen molar-refractivity contribution in [2.45, 2.75) is 121 Å². The fourth-order valence-electron chi connectivity index (χ4n) is 9.53. The van der Waals surface area contributed by atoms with Gasteiger partial charge in [-0.2, -0.15) is 0 Å². The first-order valence-electron chi connectivity index (χ1n) is 22.7. The number of benzene rings is 4. The summed E-state index contributed by atoms with van der Waals surface area (Å²) in [6, 6.07) is 42.6. The predicted octanol–water partition coefficient (Wildman–Crippen LogP) is 9.82. The molecule has 0 aliphatic carbocycles. The summed E-state index contributed by atoms with van der Waals surface area (Å²) in [5.74, 6) is 0. The van der Waals surface area contributed by atoms with E-state index in [0.717, 1.165) is 12.8 Å². The van der Waals surface area contributed by atoms with E-state index >= 15 is 0 Å². The van der Waals surface area contributed by atoms with Crippen LogP contribution in [-0.4, -0.2) is 86.3 Å². The van der Waals surface area contributed by atoms with Crippen molar-refractivity contribution in [3.63, 3.8) is 0 Å². The van der Waals surface area contributed by atoms with Crippen LogP contribution in [0, 0.1) is 0 Å². The fourth-order valence-corrected chi connectivity index (χ4v) is 23.5. The van der Waals surface area contributed by atoms with Crippen LogP contribution in [0.5, 0.6) is 0 Å². The van der Waals surface area contributed by atoms with E-state index in [4.69, 9.17) is 49.6 Å². The van der Waals surface area contributed by atoms with Gasteiger partial charge in [-0.05, 0) is 37.2 Å². The number of ether oxygens (including phenoxy) is 3. The molecule has 4 aliphatic heterocycles. The zero-order valence-electron chi connectivity index (χ0n) is 38.2. The monoisotopic (exact) mass is 966 g/mol. The maximum absolute atomic E-state index is 7.31. The van der Waals surface area contributed by atoms with Crippen molar-refractivity contribution < 1.29 is 49.6 Å². The summed E-state index contributed by atoms with van der Waals surface area (Å²) in [7, 11) is -11.5. The molecule has 0 bridgehead atoms. The van der Waals surface area contributed by atoms with Crippen molar-refractivity contribution in [3.8, 4) is 0 Å². The summed E-state index contributed by atoms with van der Waals surface area (Å²) in [6.07, 6.45) is 1.26. The highest BCUT2D eigenvalue weighted by molar-refractivity contribution is 7.69. The maximum Gasteiger partial charge on any atom is 0.347 e. The molecule has 16 heteroatoms. The van der Waals surface area contributed by atoms with Crippen LogP contribution in [0.1, 0.15) is 74.1 Å². The standard InChI is InChI=1S/C48H65O11P3Si2/c1-8-41-42(29-32-49-41)54-60-57-61(55-43-30-33-50-45(43)35-52-63(47(2,3)4,37-21-13-9-14-22-37)38-23-15-10-16-24-38)59-62(58-60)56-44-31-34-51-46(44)36-53-64(48(5,6)7,39-25-17-11-18-26-39)40-27-19-12-20-28-40/h9-28,41-46H,8,29-36H2,1-7H3/t41-,42?,43?,44?,45-,46-,60?,61?,62?/m1/s1. The second-order valence-corrected chi connectivity index (χ2v) is 31.3. The quantitative estimate of drug-likeness (QED) is 0.0747. The lowest BCUT2D eigenvalue weighted by Crippen LogP contribution is -2.67. The first kappa shape index (κ1) is 48.6. The third kappa shape index (κ3) is 10.7. The van der Waals surface area contributed by atoms with Gasteiger partial charge in [-0.15, -0.1) is 0 Å². The van der Waals surface area contributed by atoms with Crippen LogP contribution in [0.2, 0.25) is 10.1 Å². The minimum absolute atomic E-state index is 0.0469. The van der Waals surface area contributed by atoms with Crippen LogP contribution < -0.4 is 20.7 Å². The van der Waals surface area contributed by atoms with Gasteiger partial charge in [0.25, 0.3) is 16.6 Å². The van der Waals surface area contributed by atoms with Gasteiger partial charge in [0.15, 0.2) is 0 Å². The Morgan fingerprint density at radius 2 is 0.734 bits per heavy atom. The normalized spacial score (nSPS) is 28.1. The highest BCUT2D eigenvalue weighted by atomic mass is 31.3. The van der Waals surface area contributed by atoms with E-state index in [2.05, 4.69) is 170 Å². The lowest BCUT2D eigenvalue weighted by atomic mass is 10.1. The molecule has 4 saturated heterocycles. The molecule has 8 atom stereocenters. The molecular formula is C48H65O11P3Si2. The molecule has 0 spiro atoms. The highest BCUT2D eigenvalue weighted by Gasteiger charge is 2.53. The van der Waals surface area contributed by atoms with Crippen molar-refractivity contribution in [1.82, 2.24) is 0 Å². The van der Waals surface area contributed by atoms with E-state index in [9.17, 15) is 0 Å². The average Bonchev–Trinajstić information content (AvgIpc) is 4.06. The van der Waals surface area contributed by atoms with E-state index in [0.29, 0.717) is 45.9 Å². The van der Waals surface area contributed by atoms with Crippen molar-refractivity contribution in [3.05, 3.63) is 121 Å². The smallest absolute Gasteiger partial charge is 0.347 e. The van der Waals surface area contributed by atoms with E-state index in [1.165, 1.54) is 20.7 Å². The summed E-state index contributed by atoms with van der Waals surface area (Å²) in [5.41, 5.74) is 0. The Bertz CT molecular complexity index is 1820. The molecule has 0 radical (unpaired) electrons. The van der Waals surface area contributed by atoms with Crippen molar-refractivity contribution in [2.24, 2.45) is 0 Å². The van der Waals surface area contributed by atoms with E-state index in [1.807, 2.05) is 0 Å². The van der Waals surface area contributed by atoms with Gasteiger partial charge in [0, 0.05) is 39.1 Å². The Hall–Kier alpha value is -1.84. The maximum atomic E-state index is 7.31. The van der Waals surface area contributed by atoms with Gasteiger partial charge in [0.05, 0.1) is 37.6 Å². The molecule has 5 unspecified atom stereocenters. The fraction of sp³-hybridized carbons (Fsp3) is 0.500. The third-order valence-electron chi connectivity index (χ3n) is 12.7. The zero-order chi connectivity index (χ0) is 44.8. The van der Waals surface area contributed by atoms with Crippen LogP contribution in [-0.2, 0) is 49.6 Å². The summed E-state index contributed by atoms with van der Waals surface area (Å²) in [6.45, 7) is 18.1. The topological polar surface area (TPSA) is 102 Å². The Morgan fingerprint density at radius 3 is 1.02 bits per heavy atom. The van der Waals surface area contributed by atoms with Crippen LogP contribution in [0.15, 0.2) is 121 Å². The number of hydrogen-bond donors (Lipinski definition) is 0. The molecule has 0 amide bonds. The third-order valence-corrected chi connectivity index (χ3v) is 27.2. The van der Waals surface area contributed by atoms with Gasteiger partial charge >= 0.3 is 25.8 Å². The van der Waals surface area contributed by atoms with Crippen molar-refractivity contribution >= 4 is 63.2 Å². The second-order valence-electron chi connectivity index (χ2n) is 18.8. The molecule has 11 nitrogen and oxygen atoms in total. The molecule has 4 aromatic carbocycles. The lowest BCUT2D eigenvalue weighted by Gasteiger charge is -2.43. The highest BCUT2D eigenvalue weighted by Crippen LogP contribution is 2.74. The van der Waals surface area contributed by atoms with Gasteiger partial charge in [0.2, 0.25) is 0 Å². The van der Waals surface area contributed by atoms with Crippen LogP contribution in [0.25, 0.3) is 0 Å². The predicted molar refractivity (Wildman–Crippen MR) is 259 cm³/mol. The van der Waals surface area contributed by atoms with Gasteiger partial charge < -0.3 is 36.6 Å². The minimum Gasteiger partial charge on any atom is -0.405 e. The Kier molecular flexibility index (Phi) is 16.4. The first-order chi connectivity index (χ1) is 30.9. The summed E-state index contributed by atoms with van der Waals surface area (Å²) >= 11 is 0. The SMILES string of the molecule is CC[C@H]1OCCC1OP1OP(OC2CCO[C@@H]2CO[Si](c2ccccc2)(c2ccccc2)C(C)(C)C)OP(OC2CCO[C@@H]2CO[Si](c2ccccc2)(c2ccccc2)C(C)(C)C)O1. The molecule has 64 heavy (non-hydrogen) atoms. The van der Waals surface area contributed by atoms with Crippen LogP contribution >= 0.6 is 25.8 Å². The summed E-state index contributed by atoms with van der Waals surface area (Å²) in [4.78, 5) is 0. The molecule has 8 rings (SSSR count). The Morgan fingerprint density at radius 1 is 0.453 bits per heavy atom. The van der Waals surface area contributed by atoms with Gasteiger partial charge in [-0.1, -0.05) is 170 Å². The van der Waals surface area contributed by atoms with E-state index in [-0.39, 0.29) is 46.7 Å². The molecular weight excluding hydrogens is 902 g/mol. The van der Waals surface area contributed by atoms with Gasteiger partial charge in [-0.3, -0.25) is 0 Å². The molecule has 4 aliphatic rings. The number of rotatable bonds is 17. The van der Waals surface area contributed by atoms with Gasteiger partial charge in [0.1, 0.15) is 12.2 Å².